The van der Waals surface area contributed by atoms with E-state index in [4.69, 9.17) is 0 Å². The zero-order chi connectivity index (χ0) is 21.4. The van der Waals surface area contributed by atoms with E-state index in [0.717, 1.165) is 48.0 Å². The summed E-state index contributed by atoms with van der Waals surface area (Å²) < 4.78 is 2.19. The van der Waals surface area contributed by atoms with E-state index < -0.39 is 0 Å². The number of nitrogens with one attached hydrogen (secondary N) is 1. The topological polar surface area (TPSA) is 63.1 Å². The normalized spacial score (nSPS) is 12.6. The van der Waals surface area contributed by atoms with Crippen LogP contribution in [0.2, 0.25) is 0 Å². The van der Waals surface area contributed by atoms with Crippen molar-refractivity contribution in [2.45, 2.75) is 70.6 Å². The second kappa shape index (κ2) is 11.4. The molecule has 29 heavy (non-hydrogen) atoms. The number of para-hydroxylation sites is 1. The van der Waals surface area contributed by atoms with Crippen molar-refractivity contribution in [1.82, 2.24) is 19.7 Å². The monoisotopic (exact) mass is 417 g/mol. The molecule has 7 heteroatoms. The van der Waals surface area contributed by atoms with Crippen molar-refractivity contribution in [3.8, 4) is 0 Å². The van der Waals surface area contributed by atoms with E-state index in [1.54, 1.807) is 0 Å². The highest BCUT2D eigenvalue weighted by atomic mass is 32.2. The molecule has 1 unspecified atom stereocenters. The molecule has 0 aliphatic carbocycles. The van der Waals surface area contributed by atoms with Gasteiger partial charge in [-0.05, 0) is 44.5 Å². The van der Waals surface area contributed by atoms with Crippen molar-refractivity contribution in [1.29, 1.82) is 0 Å². The third kappa shape index (κ3) is 6.31. The molecule has 0 bridgehead atoms. The van der Waals surface area contributed by atoms with Gasteiger partial charge in [0, 0.05) is 12.2 Å². The molecule has 0 saturated heterocycles. The molecule has 1 aromatic heterocycles. The van der Waals surface area contributed by atoms with Crippen molar-refractivity contribution in [2.24, 2.45) is 0 Å². The Balaban J connectivity index is 2.11. The Morgan fingerprint density at radius 2 is 1.93 bits per heavy atom. The highest BCUT2D eigenvalue weighted by molar-refractivity contribution is 7.99. The molecule has 0 fully saturated rings. The average molecular weight is 418 g/mol. The quantitative estimate of drug-likeness (QED) is 0.524. The van der Waals surface area contributed by atoms with E-state index in [-0.39, 0.29) is 11.9 Å². The van der Waals surface area contributed by atoms with Crippen molar-refractivity contribution < 1.29 is 4.79 Å². The van der Waals surface area contributed by atoms with E-state index in [0.29, 0.717) is 11.7 Å². The number of aromatic nitrogens is 3. The molecule has 0 saturated carbocycles. The molecule has 0 radical (unpaired) electrons. The van der Waals surface area contributed by atoms with Crippen LogP contribution in [0.5, 0.6) is 0 Å². The van der Waals surface area contributed by atoms with Gasteiger partial charge in [-0.1, -0.05) is 64.1 Å². The van der Waals surface area contributed by atoms with Crippen LogP contribution in [0.1, 0.15) is 70.3 Å². The van der Waals surface area contributed by atoms with Gasteiger partial charge in [0.15, 0.2) is 11.0 Å². The van der Waals surface area contributed by atoms with Crippen molar-refractivity contribution in [3.05, 3.63) is 35.7 Å². The number of anilines is 1. The number of rotatable bonds is 11. The summed E-state index contributed by atoms with van der Waals surface area (Å²) in [5.74, 6) is 1.64. The van der Waals surface area contributed by atoms with E-state index in [1.165, 1.54) is 11.8 Å². The lowest BCUT2D eigenvalue weighted by atomic mass is 10.0. The Morgan fingerprint density at radius 1 is 1.21 bits per heavy atom. The number of amides is 1. The van der Waals surface area contributed by atoms with Crippen LogP contribution in [-0.4, -0.2) is 45.4 Å². The number of unbranched alkanes of at least 4 members (excludes halogenated alkanes) is 1. The first-order valence-corrected chi connectivity index (χ1v) is 11.5. The largest absolute Gasteiger partial charge is 0.325 e. The van der Waals surface area contributed by atoms with Crippen LogP contribution in [0.3, 0.4) is 0 Å². The predicted molar refractivity (Wildman–Crippen MR) is 122 cm³/mol. The first-order valence-electron chi connectivity index (χ1n) is 10.5. The summed E-state index contributed by atoms with van der Waals surface area (Å²) in [6.45, 7) is 9.48. The van der Waals surface area contributed by atoms with Crippen LogP contribution in [0.25, 0.3) is 0 Å². The number of benzene rings is 1. The van der Waals surface area contributed by atoms with Crippen LogP contribution in [0.15, 0.2) is 29.4 Å². The Hall–Kier alpha value is -1.86. The van der Waals surface area contributed by atoms with Crippen LogP contribution in [0, 0.1) is 0 Å². The molecule has 1 atom stereocenters. The molecule has 0 aliphatic heterocycles. The highest BCUT2D eigenvalue weighted by Gasteiger charge is 2.22. The smallest absolute Gasteiger partial charge is 0.234 e. The number of hydrogen-bond acceptors (Lipinski definition) is 5. The second-order valence-corrected chi connectivity index (χ2v) is 8.75. The molecular weight excluding hydrogens is 382 g/mol. The third-order valence-electron chi connectivity index (χ3n) is 4.98. The standard InChI is InChI=1S/C22H35N5OS/c1-7-9-14-27-21(19(8-2)26(5)6)24-25-22(27)29-15-20(28)23-18-13-11-10-12-17(18)16(3)4/h10-13,16,19H,7-9,14-15H2,1-6H3,(H,23,28). The lowest BCUT2D eigenvalue weighted by molar-refractivity contribution is -0.113. The molecule has 2 rings (SSSR count). The fraction of sp³-hybridized carbons (Fsp3) is 0.591. The van der Waals surface area contributed by atoms with E-state index >= 15 is 0 Å². The number of carbonyl (C=O) groups excluding carboxylic acids is 1. The maximum atomic E-state index is 12.6. The van der Waals surface area contributed by atoms with Crippen molar-refractivity contribution >= 4 is 23.4 Å². The maximum absolute atomic E-state index is 12.6. The van der Waals surface area contributed by atoms with Gasteiger partial charge in [-0.3, -0.25) is 9.69 Å². The number of carbonyl (C=O) groups is 1. The van der Waals surface area contributed by atoms with Crippen LogP contribution >= 0.6 is 11.8 Å². The number of hydrogen-bond donors (Lipinski definition) is 1. The number of thioether (sulfide) groups is 1. The van der Waals surface area contributed by atoms with Crippen molar-refractivity contribution in [2.75, 3.05) is 25.2 Å². The molecule has 0 spiro atoms. The SMILES string of the molecule is CCCCn1c(SCC(=O)Nc2ccccc2C(C)C)nnc1C(CC)N(C)C. The summed E-state index contributed by atoms with van der Waals surface area (Å²) in [4.78, 5) is 14.8. The van der Waals surface area contributed by atoms with Gasteiger partial charge in [0.2, 0.25) is 5.91 Å². The molecule has 6 nitrogen and oxygen atoms in total. The van der Waals surface area contributed by atoms with Gasteiger partial charge in [0.05, 0.1) is 11.8 Å². The zero-order valence-corrected chi connectivity index (χ0v) is 19.4. The molecule has 160 valence electrons. The van der Waals surface area contributed by atoms with Crippen LogP contribution in [-0.2, 0) is 11.3 Å². The van der Waals surface area contributed by atoms with Gasteiger partial charge in [-0.2, -0.15) is 0 Å². The minimum atomic E-state index is -0.0191. The first-order chi connectivity index (χ1) is 13.9. The highest BCUT2D eigenvalue weighted by Crippen LogP contribution is 2.27. The van der Waals surface area contributed by atoms with Gasteiger partial charge in [0.1, 0.15) is 0 Å². The first kappa shape index (κ1) is 23.4. The summed E-state index contributed by atoms with van der Waals surface area (Å²) in [5.41, 5.74) is 2.04. The Kier molecular flexibility index (Phi) is 9.17. The zero-order valence-electron chi connectivity index (χ0n) is 18.6. The molecule has 0 aliphatic rings. The molecule has 1 heterocycles. The summed E-state index contributed by atoms with van der Waals surface area (Å²) in [6, 6.07) is 8.21. The Labute approximate surface area is 179 Å². The number of nitrogens with zero attached hydrogens (tertiary/aromatic N) is 4. The lowest BCUT2D eigenvalue weighted by Crippen LogP contribution is -2.23. The molecule has 2 aromatic rings. The van der Waals surface area contributed by atoms with E-state index in [9.17, 15) is 4.79 Å². The third-order valence-corrected chi connectivity index (χ3v) is 5.94. The van der Waals surface area contributed by atoms with Gasteiger partial charge in [-0.15, -0.1) is 10.2 Å². The molecule has 1 N–H and O–H groups in total. The van der Waals surface area contributed by atoms with Crippen LogP contribution < -0.4 is 5.32 Å². The summed E-state index contributed by atoms with van der Waals surface area (Å²) in [7, 11) is 4.14. The minimum absolute atomic E-state index is 0.0191. The van der Waals surface area contributed by atoms with Gasteiger partial charge in [0.25, 0.3) is 0 Å². The molecule has 1 amide bonds. The van der Waals surface area contributed by atoms with E-state index in [2.05, 4.69) is 72.8 Å². The fourth-order valence-electron chi connectivity index (χ4n) is 3.39. The van der Waals surface area contributed by atoms with Crippen molar-refractivity contribution in [3.63, 3.8) is 0 Å². The second-order valence-electron chi connectivity index (χ2n) is 7.81. The molecular formula is C22H35N5OS. The van der Waals surface area contributed by atoms with Gasteiger partial charge < -0.3 is 9.88 Å². The van der Waals surface area contributed by atoms with E-state index in [1.807, 2.05) is 18.2 Å². The Bertz CT molecular complexity index is 787. The molecule has 1 aromatic carbocycles. The summed E-state index contributed by atoms with van der Waals surface area (Å²) in [6.07, 6.45) is 3.14. The van der Waals surface area contributed by atoms with Crippen LogP contribution in [0.4, 0.5) is 5.69 Å². The van der Waals surface area contributed by atoms with Gasteiger partial charge >= 0.3 is 0 Å². The predicted octanol–water partition coefficient (Wildman–Crippen LogP) is 4.95. The fourth-order valence-corrected chi connectivity index (χ4v) is 4.16. The van der Waals surface area contributed by atoms with Gasteiger partial charge in [-0.25, -0.2) is 0 Å². The minimum Gasteiger partial charge on any atom is -0.325 e. The lowest BCUT2D eigenvalue weighted by Gasteiger charge is -2.23. The summed E-state index contributed by atoms with van der Waals surface area (Å²) >= 11 is 1.46. The maximum Gasteiger partial charge on any atom is 0.234 e. The average Bonchev–Trinajstić information content (AvgIpc) is 3.07. The summed E-state index contributed by atoms with van der Waals surface area (Å²) in [5, 5.41) is 12.8. The Morgan fingerprint density at radius 3 is 2.55 bits per heavy atom.